The molecule has 0 radical (unpaired) electrons. The maximum absolute atomic E-state index is 13.4. The van der Waals surface area contributed by atoms with Crippen molar-refractivity contribution < 1.29 is 22.3 Å². The van der Waals surface area contributed by atoms with Crippen LogP contribution in [0.2, 0.25) is 0 Å². The molecule has 4 aromatic carbocycles. The van der Waals surface area contributed by atoms with Gasteiger partial charge < -0.3 is 13.9 Å². The smallest absolute Gasteiger partial charge is 0.240 e. The van der Waals surface area contributed by atoms with E-state index in [0.29, 0.717) is 23.5 Å². The predicted molar refractivity (Wildman–Crippen MR) is 141 cm³/mol. The number of para-hydroxylation sites is 1. The van der Waals surface area contributed by atoms with Crippen LogP contribution in [-0.4, -0.2) is 29.2 Å². The van der Waals surface area contributed by atoms with Crippen LogP contribution in [0.15, 0.2) is 100 Å². The van der Waals surface area contributed by atoms with Gasteiger partial charge in [-0.15, -0.1) is 0 Å². The van der Waals surface area contributed by atoms with Crippen LogP contribution in [-0.2, 0) is 16.4 Å². The summed E-state index contributed by atoms with van der Waals surface area (Å²) in [5.74, 6) is 1.11. The van der Waals surface area contributed by atoms with Gasteiger partial charge in [0.2, 0.25) is 10.0 Å². The Balaban J connectivity index is 1.45. The molecule has 5 rings (SSSR count). The first kappa shape index (κ1) is 23.9. The minimum atomic E-state index is -3.77. The van der Waals surface area contributed by atoms with E-state index in [1.807, 2.05) is 72.8 Å². The molecule has 6 nitrogen and oxygen atoms in total. The molecular weight excluding hydrogens is 474 g/mol. The Bertz CT molecular complexity index is 1610. The Kier molecular flexibility index (Phi) is 6.67. The number of fused-ring (bicyclic) bond motifs is 3. The first-order valence-electron chi connectivity index (χ1n) is 11.7. The molecular formula is C29H27NO5S. The minimum absolute atomic E-state index is 0.125. The molecule has 36 heavy (non-hydrogen) atoms. The summed E-state index contributed by atoms with van der Waals surface area (Å²) >= 11 is 0. The molecule has 0 aliphatic heterocycles. The predicted octanol–water partition coefficient (Wildman–Crippen LogP) is 5.91. The van der Waals surface area contributed by atoms with Gasteiger partial charge in [0, 0.05) is 23.2 Å². The molecule has 0 spiro atoms. The molecule has 0 saturated carbocycles. The lowest BCUT2D eigenvalue weighted by Crippen LogP contribution is -2.29. The summed E-state index contributed by atoms with van der Waals surface area (Å²) in [5.41, 5.74) is 3.45. The molecule has 0 unspecified atom stereocenters. The van der Waals surface area contributed by atoms with Crippen LogP contribution in [0.4, 0.5) is 0 Å². The molecule has 1 aromatic heterocycles. The molecule has 0 aliphatic rings. The van der Waals surface area contributed by atoms with Crippen molar-refractivity contribution >= 4 is 32.0 Å². The van der Waals surface area contributed by atoms with Gasteiger partial charge in [-0.1, -0.05) is 54.6 Å². The van der Waals surface area contributed by atoms with Crippen LogP contribution >= 0.6 is 0 Å². The Morgan fingerprint density at radius 2 is 1.50 bits per heavy atom. The SMILES string of the molecule is COc1ccc([C@H](CNS(=O)(=O)c2ccc3oc4ccccc4c3c2)Cc2ccccc2)cc1OC. The van der Waals surface area contributed by atoms with Gasteiger partial charge >= 0.3 is 0 Å². The van der Waals surface area contributed by atoms with E-state index in [4.69, 9.17) is 13.9 Å². The van der Waals surface area contributed by atoms with Crippen LogP contribution in [0, 0.1) is 0 Å². The Hall–Kier alpha value is -3.81. The fourth-order valence-electron chi connectivity index (χ4n) is 4.48. The van der Waals surface area contributed by atoms with Crippen molar-refractivity contribution in [3.8, 4) is 11.5 Å². The number of sulfonamides is 1. The number of furan rings is 1. The quantitative estimate of drug-likeness (QED) is 0.272. The van der Waals surface area contributed by atoms with E-state index in [1.165, 1.54) is 0 Å². The van der Waals surface area contributed by atoms with Gasteiger partial charge in [-0.2, -0.15) is 0 Å². The summed E-state index contributed by atoms with van der Waals surface area (Å²) < 4.78 is 46.3. The Labute approximate surface area is 210 Å². The van der Waals surface area contributed by atoms with Crippen molar-refractivity contribution in [2.24, 2.45) is 0 Å². The number of benzene rings is 4. The van der Waals surface area contributed by atoms with Gasteiger partial charge in [0.15, 0.2) is 11.5 Å². The summed E-state index contributed by atoms with van der Waals surface area (Å²) in [5, 5.41) is 1.66. The van der Waals surface area contributed by atoms with E-state index in [-0.39, 0.29) is 17.4 Å². The van der Waals surface area contributed by atoms with Gasteiger partial charge in [0.1, 0.15) is 11.2 Å². The van der Waals surface area contributed by atoms with Gasteiger partial charge in [-0.25, -0.2) is 13.1 Å². The highest BCUT2D eigenvalue weighted by molar-refractivity contribution is 7.89. The number of ether oxygens (including phenoxy) is 2. The fourth-order valence-corrected chi connectivity index (χ4v) is 5.59. The number of rotatable bonds is 9. The first-order valence-corrected chi connectivity index (χ1v) is 13.1. The van der Waals surface area contributed by atoms with Crippen LogP contribution < -0.4 is 14.2 Å². The zero-order valence-corrected chi connectivity index (χ0v) is 20.9. The lowest BCUT2D eigenvalue weighted by molar-refractivity contribution is 0.354. The van der Waals surface area contributed by atoms with Gasteiger partial charge in [-0.3, -0.25) is 0 Å². The maximum atomic E-state index is 13.4. The van der Waals surface area contributed by atoms with Crippen molar-refractivity contribution in [1.29, 1.82) is 0 Å². The minimum Gasteiger partial charge on any atom is -0.493 e. The number of hydrogen-bond acceptors (Lipinski definition) is 5. The highest BCUT2D eigenvalue weighted by atomic mass is 32.2. The molecule has 0 bridgehead atoms. The van der Waals surface area contributed by atoms with Crippen molar-refractivity contribution in [3.63, 3.8) is 0 Å². The van der Waals surface area contributed by atoms with Crippen molar-refractivity contribution in [3.05, 3.63) is 102 Å². The third-order valence-electron chi connectivity index (χ3n) is 6.38. The second-order valence-corrected chi connectivity index (χ2v) is 10.4. The van der Waals surface area contributed by atoms with Crippen LogP contribution in [0.5, 0.6) is 11.5 Å². The van der Waals surface area contributed by atoms with Gasteiger partial charge in [0.25, 0.3) is 0 Å². The van der Waals surface area contributed by atoms with E-state index in [2.05, 4.69) is 4.72 Å². The van der Waals surface area contributed by atoms with Crippen LogP contribution in [0.25, 0.3) is 21.9 Å². The van der Waals surface area contributed by atoms with Gasteiger partial charge in [0.05, 0.1) is 19.1 Å². The molecule has 1 heterocycles. The zero-order chi connectivity index (χ0) is 25.1. The monoisotopic (exact) mass is 501 g/mol. The highest BCUT2D eigenvalue weighted by Crippen LogP contribution is 2.33. The molecule has 1 N–H and O–H groups in total. The lowest BCUT2D eigenvalue weighted by atomic mass is 9.92. The third kappa shape index (κ3) is 4.80. The molecule has 0 amide bonds. The Morgan fingerprint density at radius 1 is 0.778 bits per heavy atom. The summed E-state index contributed by atoms with van der Waals surface area (Å²) in [4.78, 5) is 0.201. The fraction of sp³-hybridized carbons (Fsp3) is 0.172. The van der Waals surface area contributed by atoms with E-state index in [1.54, 1.807) is 32.4 Å². The third-order valence-corrected chi connectivity index (χ3v) is 7.80. The molecule has 0 saturated heterocycles. The van der Waals surface area contributed by atoms with E-state index >= 15 is 0 Å². The highest BCUT2D eigenvalue weighted by Gasteiger charge is 2.21. The van der Waals surface area contributed by atoms with Crippen LogP contribution in [0.3, 0.4) is 0 Å². The number of hydrogen-bond donors (Lipinski definition) is 1. The van der Waals surface area contributed by atoms with Gasteiger partial charge in [-0.05, 0) is 53.9 Å². The maximum Gasteiger partial charge on any atom is 0.240 e. The first-order chi connectivity index (χ1) is 17.5. The van der Waals surface area contributed by atoms with Crippen molar-refractivity contribution in [2.45, 2.75) is 17.2 Å². The van der Waals surface area contributed by atoms with Crippen molar-refractivity contribution in [2.75, 3.05) is 20.8 Å². The van der Waals surface area contributed by atoms with Crippen LogP contribution in [0.1, 0.15) is 17.0 Å². The number of methoxy groups -OCH3 is 2. The number of nitrogens with one attached hydrogen (secondary N) is 1. The molecule has 1 atom stereocenters. The molecule has 7 heteroatoms. The second-order valence-electron chi connectivity index (χ2n) is 8.61. The average molecular weight is 502 g/mol. The molecule has 5 aromatic rings. The normalized spacial score (nSPS) is 12.6. The standard InChI is InChI=1S/C29H27NO5S/c1-33-28-14-12-21(17-29(28)34-2)22(16-20-8-4-3-5-9-20)19-30-36(31,32)23-13-15-27-25(18-23)24-10-6-7-11-26(24)35-27/h3-15,17-18,22,30H,16,19H2,1-2H3/t22-/m0/s1. The summed E-state index contributed by atoms with van der Waals surface area (Å²) in [6.45, 7) is 0.219. The molecule has 0 fully saturated rings. The zero-order valence-electron chi connectivity index (χ0n) is 20.1. The molecule has 0 aliphatic carbocycles. The summed E-state index contributed by atoms with van der Waals surface area (Å²) in [6, 6.07) is 28.3. The summed E-state index contributed by atoms with van der Waals surface area (Å²) in [6.07, 6.45) is 0.657. The van der Waals surface area contributed by atoms with E-state index in [0.717, 1.165) is 27.5 Å². The van der Waals surface area contributed by atoms with E-state index < -0.39 is 10.0 Å². The topological polar surface area (TPSA) is 77.8 Å². The van der Waals surface area contributed by atoms with Crippen molar-refractivity contribution in [1.82, 2.24) is 4.72 Å². The summed E-state index contributed by atoms with van der Waals surface area (Å²) in [7, 11) is -0.590. The largest absolute Gasteiger partial charge is 0.493 e. The average Bonchev–Trinajstić information content (AvgIpc) is 3.29. The van der Waals surface area contributed by atoms with E-state index in [9.17, 15) is 8.42 Å². The molecule has 184 valence electrons. The Morgan fingerprint density at radius 3 is 2.28 bits per heavy atom. The lowest BCUT2D eigenvalue weighted by Gasteiger charge is -2.20. The second kappa shape index (κ2) is 10.0.